The van der Waals surface area contributed by atoms with E-state index in [2.05, 4.69) is 23.8 Å². The molecule has 0 saturated carbocycles. The van der Waals surface area contributed by atoms with Crippen molar-refractivity contribution in [2.75, 3.05) is 19.6 Å². The molecule has 0 spiro atoms. The molecule has 110 valence electrons. The molecule has 0 fully saturated rings. The molecule has 0 saturated heterocycles. The van der Waals surface area contributed by atoms with Crippen LogP contribution in [0.4, 0.5) is 5.82 Å². The average Bonchev–Trinajstić information content (AvgIpc) is 2.93. The Kier molecular flexibility index (Phi) is 3.29. The largest absolute Gasteiger partial charge is 0.493 e. The van der Waals surface area contributed by atoms with Crippen molar-refractivity contribution in [1.29, 1.82) is 0 Å². The Balaban J connectivity index is 2.12. The molecule has 0 atom stereocenters. The van der Waals surface area contributed by atoms with Gasteiger partial charge in [-0.15, -0.1) is 0 Å². The number of fused-ring (bicyclic) bond motifs is 1. The summed E-state index contributed by atoms with van der Waals surface area (Å²) >= 11 is 0. The van der Waals surface area contributed by atoms with Crippen LogP contribution in [0.25, 0.3) is 11.4 Å². The van der Waals surface area contributed by atoms with Crippen LogP contribution < -0.4 is 19.9 Å². The summed E-state index contributed by atoms with van der Waals surface area (Å²) in [4.78, 5) is 8.86. The van der Waals surface area contributed by atoms with Crippen LogP contribution >= 0.6 is 0 Å². The molecule has 0 amide bonds. The molecule has 2 aromatic rings. The molecular formula is C15H17N3O3. The van der Waals surface area contributed by atoms with E-state index in [4.69, 9.17) is 19.9 Å². The molecule has 6 heteroatoms. The van der Waals surface area contributed by atoms with E-state index < -0.39 is 0 Å². The number of aromatic nitrogens is 2. The van der Waals surface area contributed by atoms with Gasteiger partial charge in [-0.3, -0.25) is 0 Å². The van der Waals surface area contributed by atoms with Crippen LogP contribution in [0.15, 0.2) is 18.2 Å². The van der Waals surface area contributed by atoms with Gasteiger partial charge < -0.3 is 19.9 Å². The molecule has 2 heterocycles. The summed E-state index contributed by atoms with van der Waals surface area (Å²) in [5.41, 5.74) is 7.56. The van der Waals surface area contributed by atoms with Crippen molar-refractivity contribution in [3.8, 4) is 28.6 Å². The SMILES string of the molecule is COc1cc(-c2nc(N)cc(C(C)C)n2)cc2c1OCO2. The molecule has 1 aliphatic rings. The van der Waals surface area contributed by atoms with Crippen molar-refractivity contribution >= 4 is 5.82 Å². The van der Waals surface area contributed by atoms with Gasteiger partial charge in [-0.25, -0.2) is 9.97 Å². The number of nitrogens with two attached hydrogens (primary N) is 1. The highest BCUT2D eigenvalue weighted by molar-refractivity contribution is 5.68. The van der Waals surface area contributed by atoms with E-state index >= 15 is 0 Å². The van der Waals surface area contributed by atoms with E-state index in [1.54, 1.807) is 13.2 Å². The first kappa shape index (κ1) is 13.5. The van der Waals surface area contributed by atoms with Crippen LogP contribution in [0, 0.1) is 0 Å². The summed E-state index contributed by atoms with van der Waals surface area (Å²) in [7, 11) is 1.58. The van der Waals surface area contributed by atoms with E-state index in [1.165, 1.54) is 0 Å². The zero-order valence-corrected chi connectivity index (χ0v) is 12.2. The summed E-state index contributed by atoms with van der Waals surface area (Å²) in [6.07, 6.45) is 0. The maximum atomic E-state index is 5.88. The normalized spacial score (nSPS) is 12.8. The molecule has 1 aromatic heterocycles. The quantitative estimate of drug-likeness (QED) is 0.934. The Labute approximate surface area is 122 Å². The molecule has 21 heavy (non-hydrogen) atoms. The van der Waals surface area contributed by atoms with Crippen molar-refractivity contribution in [1.82, 2.24) is 9.97 Å². The van der Waals surface area contributed by atoms with Crippen LogP contribution in [0.2, 0.25) is 0 Å². The average molecular weight is 287 g/mol. The topological polar surface area (TPSA) is 79.5 Å². The number of methoxy groups -OCH3 is 1. The molecule has 0 unspecified atom stereocenters. The maximum Gasteiger partial charge on any atom is 0.231 e. The fraction of sp³-hybridized carbons (Fsp3) is 0.333. The number of ether oxygens (including phenoxy) is 3. The Morgan fingerprint density at radius 3 is 2.71 bits per heavy atom. The Morgan fingerprint density at radius 2 is 2.00 bits per heavy atom. The number of nitrogen functional groups attached to an aromatic ring is 1. The van der Waals surface area contributed by atoms with Gasteiger partial charge >= 0.3 is 0 Å². The lowest BCUT2D eigenvalue weighted by atomic mass is 10.1. The van der Waals surface area contributed by atoms with Crippen LogP contribution in [0.5, 0.6) is 17.2 Å². The lowest BCUT2D eigenvalue weighted by Gasteiger charge is -2.10. The molecule has 1 aromatic carbocycles. The van der Waals surface area contributed by atoms with Gasteiger partial charge in [0, 0.05) is 17.3 Å². The summed E-state index contributed by atoms with van der Waals surface area (Å²) in [6, 6.07) is 5.45. The van der Waals surface area contributed by atoms with Crippen molar-refractivity contribution in [2.24, 2.45) is 0 Å². The summed E-state index contributed by atoms with van der Waals surface area (Å²) < 4.78 is 16.1. The number of hydrogen-bond donors (Lipinski definition) is 1. The van der Waals surface area contributed by atoms with Crippen LogP contribution in [0.1, 0.15) is 25.5 Å². The first-order chi connectivity index (χ1) is 10.1. The predicted molar refractivity (Wildman–Crippen MR) is 78.6 cm³/mol. The molecule has 0 aliphatic carbocycles. The highest BCUT2D eigenvalue weighted by Crippen LogP contribution is 2.43. The Morgan fingerprint density at radius 1 is 1.19 bits per heavy atom. The van der Waals surface area contributed by atoms with Crippen molar-refractivity contribution in [2.45, 2.75) is 19.8 Å². The van der Waals surface area contributed by atoms with Gasteiger partial charge in [0.05, 0.1) is 7.11 Å². The first-order valence-electron chi connectivity index (χ1n) is 6.71. The molecule has 6 nitrogen and oxygen atoms in total. The van der Waals surface area contributed by atoms with Crippen LogP contribution in [-0.2, 0) is 0 Å². The Hall–Kier alpha value is -2.50. The molecule has 0 bridgehead atoms. The summed E-state index contributed by atoms with van der Waals surface area (Å²) in [6.45, 7) is 4.31. The standard InChI is InChI=1S/C15H17N3O3/c1-8(2)10-6-13(16)18-15(17-10)9-4-11(19-3)14-12(5-9)20-7-21-14/h4-6,8H,7H2,1-3H3,(H2,16,17,18). The minimum absolute atomic E-state index is 0.185. The van der Waals surface area contributed by atoms with Gasteiger partial charge in [-0.2, -0.15) is 0 Å². The van der Waals surface area contributed by atoms with E-state index in [-0.39, 0.29) is 12.7 Å². The van der Waals surface area contributed by atoms with Crippen LogP contribution in [0.3, 0.4) is 0 Å². The molecular weight excluding hydrogens is 270 g/mol. The minimum Gasteiger partial charge on any atom is -0.493 e. The van der Waals surface area contributed by atoms with Crippen LogP contribution in [-0.4, -0.2) is 23.9 Å². The second kappa shape index (κ2) is 5.12. The van der Waals surface area contributed by atoms with E-state index in [1.807, 2.05) is 12.1 Å². The summed E-state index contributed by atoms with van der Waals surface area (Å²) in [5.74, 6) is 3.09. The lowest BCUT2D eigenvalue weighted by Crippen LogP contribution is -2.02. The molecule has 3 rings (SSSR count). The van der Waals surface area contributed by atoms with Gasteiger partial charge in [0.25, 0.3) is 0 Å². The lowest BCUT2D eigenvalue weighted by molar-refractivity contribution is 0.171. The van der Waals surface area contributed by atoms with E-state index in [0.29, 0.717) is 28.9 Å². The summed E-state index contributed by atoms with van der Waals surface area (Å²) in [5, 5.41) is 0. The second-order valence-corrected chi connectivity index (χ2v) is 5.11. The Bertz CT molecular complexity index is 686. The maximum absolute atomic E-state index is 5.88. The predicted octanol–water partition coefficient (Wildman–Crippen LogP) is 2.59. The first-order valence-corrected chi connectivity index (χ1v) is 6.71. The molecule has 1 aliphatic heterocycles. The number of rotatable bonds is 3. The third-order valence-corrected chi connectivity index (χ3v) is 3.27. The minimum atomic E-state index is 0.185. The molecule has 0 radical (unpaired) electrons. The third-order valence-electron chi connectivity index (χ3n) is 3.27. The smallest absolute Gasteiger partial charge is 0.231 e. The van der Waals surface area contributed by atoms with Crippen molar-refractivity contribution < 1.29 is 14.2 Å². The third kappa shape index (κ3) is 2.44. The fourth-order valence-corrected chi connectivity index (χ4v) is 2.17. The second-order valence-electron chi connectivity index (χ2n) is 5.11. The molecule has 2 N–H and O–H groups in total. The number of hydrogen-bond acceptors (Lipinski definition) is 6. The van der Waals surface area contributed by atoms with Gasteiger partial charge in [-0.05, 0) is 18.1 Å². The monoisotopic (exact) mass is 287 g/mol. The van der Waals surface area contributed by atoms with Crippen molar-refractivity contribution in [3.05, 3.63) is 23.9 Å². The van der Waals surface area contributed by atoms with Gasteiger partial charge in [0.1, 0.15) is 5.82 Å². The van der Waals surface area contributed by atoms with Gasteiger partial charge in [-0.1, -0.05) is 13.8 Å². The number of nitrogens with zero attached hydrogens (tertiary/aromatic N) is 2. The highest BCUT2D eigenvalue weighted by atomic mass is 16.7. The number of anilines is 1. The van der Waals surface area contributed by atoms with Crippen molar-refractivity contribution in [3.63, 3.8) is 0 Å². The number of benzene rings is 1. The fourth-order valence-electron chi connectivity index (χ4n) is 2.17. The zero-order chi connectivity index (χ0) is 15.0. The zero-order valence-electron chi connectivity index (χ0n) is 12.2. The van der Waals surface area contributed by atoms with Gasteiger partial charge in [0.2, 0.25) is 12.5 Å². The van der Waals surface area contributed by atoms with E-state index in [0.717, 1.165) is 11.3 Å². The van der Waals surface area contributed by atoms with Gasteiger partial charge in [0.15, 0.2) is 17.3 Å². The van der Waals surface area contributed by atoms with E-state index in [9.17, 15) is 0 Å². The highest BCUT2D eigenvalue weighted by Gasteiger charge is 2.21.